The van der Waals surface area contributed by atoms with Gasteiger partial charge in [-0.25, -0.2) is 13.1 Å². The molecule has 1 aliphatic rings. The highest BCUT2D eigenvalue weighted by atomic mass is 127. The third kappa shape index (κ3) is 13.7. The number of nitrogens with zero attached hydrogens (tertiary/aromatic N) is 1. The molecular formula is C19H41IN4O4S. The van der Waals surface area contributed by atoms with Gasteiger partial charge in [-0.2, -0.15) is 0 Å². The molecule has 1 heterocycles. The molecule has 1 rings (SSSR count). The minimum atomic E-state index is -3.34. The summed E-state index contributed by atoms with van der Waals surface area (Å²) in [4.78, 5) is 4.54. The lowest BCUT2D eigenvalue weighted by Crippen LogP contribution is -2.42. The fraction of sp³-hybridized carbons (Fsp3) is 0.947. The van der Waals surface area contributed by atoms with Crippen molar-refractivity contribution in [3.05, 3.63) is 0 Å². The highest BCUT2D eigenvalue weighted by molar-refractivity contribution is 14.0. The molecule has 174 valence electrons. The second-order valence-corrected chi connectivity index (χ2v) is 9.30. The number of rotatable bonds is 13. The molecule has 1 aliphatic heterocycles. The molecule has 0 aromatic heterocycles. The fourth-order valence-corrected chi connectivity index (χ4v) is 3.99. The normalized spacial score (nSPS) is 18.9. The molecule has 10 heteroatoms. The van der Waals surface area contributed by atoms with Crippen molar-refractivity contribution in [3.8, 4) is 0 Å². The number of hydrogen-bond acceptors (Lipinski definition) is 5. The summed E-state index contributed by atoms with van der Waals surface area (Å²) in [7, 11) is -3.34. The molecular weight excluding hydrogens is 507 g/mol. The van der Waals surface area contributed by atoms with Crippen LogP contribution in [-0.2, 0) is 19.5 Å². The van der Waals surface area contributed by atoms with Gasteiger partial charge in [0.05, 0.1) is 18.0 Å². The number of nitrogens with one attached hydrogen (secondary N) is 3. The van der Waals surface area contributed by atoms with E-state index in [-0.39, 0.29) is 41.9 Å². The van der Waals surface area contributed by atoms with Crippen LogP contribution < -0.4 is 15.4 Å². The third-order valence-electron chi connectivity index (χ3n) is 4.62. The summed E-state index contributed by atoms with van der Waals surface area (Å²) in [5.41, 5.74) is 0. The van der Waals surface area contributed by atoms with Crippen LogP contribution >= 0.6 is 24.0 Å². The molecule has 29 heavy (non-hydrogen) atoms. The zero-order valence-corrected chi connectivity index (χ0v) is 21.6. The van der Waals surface area contributed by atoms with E-state index in [1.807, 2.05) is 13.8 Å². The molecule has 0 amide bonds. The highest BCUT2D eigenvalue weighted by Gasteiger charge is 2.17. The Kier molecular flexibility index (Phi) is 16.4. The van der Waals surface area contributed by atoms with Crippen LogP contribution in [0.1, 0.15) is 53.4 Å². The van der Waals surface area contributed by atoms with Crippen molar-refractivity contribution in [3.63, 3.8) is 0 Å². The molecule has 0 aromatic rings. The molecule has 1 saturated heterocycles. The van der Waals surface area contributed by atoms with E-state index in [0.29, 0.717) is 38.1 Å². The standard InChI is InChI=1S/C19H40N4O4S.HI/c1-5-20-19(21-11-10-18(16(3)4)26-6-2)22-12-14-28(24,25)23-15-17-9-7-8-13-27-17;/h16-18,23H,5-15H2,1-4H3,(H2,20,21,22);1H. The van der Waals surface area contributed by atoms with Crippen molar-refractivity contribution in [2.24, 2.45) is 10.9 Å². The van der Waals surface area contributed by atoms with Crippen molar-refractivity contribution < 1.29 is 17.9 Å². The van der Waals surface area contributed by atoms with E-state index in [4.69, 9.17) is 9.47 Å². The number of halogens is 1. The van der Waals surface area contributed by atoms with Gasteiger partial charge in [0.15, 0.2) is 5.96 Å². The Morgan fingerprint density at radius 3 is 2.59 bits per heavy atom. The maximum absolute atomic E-state index is 12.2. The summed E-state index contributed by atoms with van der Waals surface area (Å²) in [6.45, 7) is 11.7. The van der Waals surface area contributed by atoms with Gasteiger partial charge in [0.2, 0.25) is 10.0 Å². The van der Waals surface area contributed by atoms with Gasteiger partial charge in [-0.1, -0.05) is 13.8 Å². The van der Waals surface area contributed by atoms with Gasteiger partial charge in [-0.15, -0.1) is 24.0 Å². The average molecular weight is 549 g/mol. The van der Waals surface area contributed by atoms with Crippen molar-refractivity contribution in [1.82, 2.24) is 15.4 Å². The zero-order chi connectivity index (χ0) is 20.8. The number of aliphatic imine (C=N–C) groups is 1. The Morgan fingerprint density at radius 2 is 2.00 bits per heavy atom. The van der Waals surface area contributed by atoms with Gasteiger partial charge in [-0.05, 0) is 45.4 Å². The van der Waals surface area contributed by atoms with Gasteiger partial charge in [0, 0.05) is 39.4 Å². The molecule has 0 saturated carbocycles. The Morgan fingerprint density at radius 1 is 1.24 bits per heavy atom. The highest BCUT2D eigenvalue weighted by Crippen LogP contribution is 2.12. The maximum atomic E-state index is 12.2. The van der Waals surface area contributed by atoms with E-state index in [9.17, 15) is 8.42 Å². The average Bonchev–Trinajstić information content (AvgIpc) is 2.66. The molecule has 2 atom stereocenters. The van der Waals surface area contributed by atoms with Gasteiger partial charge in [-0.3, -0.25) is 4.99 Å². The van der Waals surface area contributed by atoms with Crippen molar-refractivity contribution in [2.75, 3.05) is 45.1 Å². The summed E-state index contributed by atoms with van der Waals surface area (Å²) in [5, 5.41) is 6.25. The number of sulfonamides is 1. The Bertz CT molecular complexity index is 540. The topological polar surface area (TPSA) is 101 Å². The number of hydrogen-bond donors (Lipinski definition) is 3. The largest absolute Gasteiger partial charge is 0.378 e. The molecule has 0 radical (unpaired) electrons. The summed E-state index contributed by atoms with van der Waals surface area (Å²) in [5.74, 6) is 1.07. The summed E-state index contributed by atoms with van der Waals surface area (Å²) in [6, 6.07) is 0. The van der Waals surface area contributed by atoms with Gasteiger partial charge in [0.1, 0.15) is 0 Å². The van der Waals surface area contributed by atoms with Gasteiger partial charge < -0.3 is 20.1 Å². The van der Waals surface area contributed by atoms with Crippen LogP contribution in [-0.4, -0.2) is 71.7 Å². The van der Waals surface area contributed by atoms with E-state index < -0.39 is 10.0 Å². The first-order valence-electron chi connectivity index (χ1n) is 10.6. The molecule has 3 N–H and O–H groups in total. The van der Waals surface area contributed by atoms with Gasteiger partial charge in [0.25, 0.3) is 0 Å². The quantitative estimate of drug-likeness (QED) is 0.185. The number of ether oxygens (including phenoxy) is 2. The number of guanidine groups is 1. The van der Waals surface area contributed by atoms with Crippen LogP contribution in [0.25, 0.3) is 0 Å². The second-order valence-electron chi connectivity index (χ2n) is 7.37. The van der Waals surface area contributed by atoms with Crippen molar-refractivity contribution >= 4 is 40.0 Å². The molecule has 0 bridgehead atoms. The maximum Gasteiger partial charge on any atom is 0.213 e. The van der Waals surface area contributed by atoms with Crippen LogP contribution in [0.4, 0.5) is 0 Å². The van der Waals surface area contributed by atoms with Crippen LogP contribution in [0, 0.1) is 5.92 Å². The summed E-state index contributed by atoms with van der Waals surface area (Å²) in [6.07, 6.45) is 4.08. The first kappa shape index (κ1) is 28.8. The Labute approximate surface area is 194 Å². The van der Waals surface area contributed by atoms with Crippen LogP contribution in [0.2, 0.25) is 0 Å². The van der Waals surface area contributed by atoms with E-state index in [2.05, 4.69) is 34.2 Å². The van der Waals surface area contributed by atoms with Crippen LogP contribution in [0.5, 0.6) is 0 Å². The summed E-state index contributed by atoms with van der Waals surface area (Å²) >= 11 is 0. The van der Waals surface area contributed by atoms with Gasteiger partial charge >= 0.3 is 0 Å². The lowest BCUT2D eigenvalue weighted by atomic mass is 10.0. The van der Waals surface area contributed by atoms with E-state index in [1.165, 1.54) is 0 Å². The Hall–Kier alpha value is -0.170. The predicted molar refractivity (Wildman–Crippen MR) is 130 cm³/mol. The van der Waals surface area contributed by atoms with E-state index in [0.717, 1.165) is 38.8 Å². The molecule has 2 unspecified atom stereocenters. The van der Waals surface area contributed by atoms with Crippen LogP contribution in [0.15, 0.2) is 4.99 Å². The minimum absolute atomic E-state index is 0. The lowest BCUT2D eigenvalue weighted by molar-refractivity contribution is 0.0200. The molecule has 0 aromatic carbocycles. The molecule has 0 spiro atoms. The molecule has 0 aliphatic carbocycles. The smallest absolute Gasteiger partial charge is 0.213 e. The Balaban J connectivity index is 0.00000784. The third-order valence-corrected chi connectivity index (χ3v) is 5.97. The summed E-state index contributed by atoms with van der Waals surface area (Å²) < 4.78 is 38.3. The van der Waals surface area contributed by atoms with E-state index in [1.54, 1.807) is 0 Å². The predicted octanol–water partition coefficient (Wildman–Crippen LogP) is 2.10. The zero-order valence-electron chi connectivity index (χ0n) is 18.4. The second kappa shape index (κ2) is 16.5. The van der Waals surface area contributed by atoms with E-state index >= 15 is 0 Å². The SMILES string of the molecule is CCNC(=NCCC(OCC)C(C)C)NCCS(=O)(=O)NCC1CCCCO1.I. The molecule has 1 fully saturated rings. The van der Waals surface area contributed by atoms with Crippen LogP contribution in [0.3, 0.4) is 0 Å². The monoisotopic (exact) mass is 548 g/mol. The van der Waals surface area contributed by atoms with Crippen molar-refractivity contribution in [1.29, 1.82) is 0 Å². The first-order valence-corrected chi connectivity index (χ1v) is 12.3. The molecule has 8 nitrogen and oxygen atoms in total. The lowest BCUT2D eigenvalue weighted by Gasteiger charge is -2.22. The minimum Gasteiger partial charge on any atom is -0.378 e. The fourth-order valence-electron chi connectivity index (χ4n) is 3.03. The first-order chi connectivity index (χ1) is 13.4. The van der Waals surface area contributed by atoms with Crippen molar-refractivity contribution in [2.45, 2.75) is 65.6 Å².